The maximum atomic E-state index is 14.5. The first kappa shape index (κ1) is 25.4. The van der Waals surface area contributed by atoms with Crippen LogP contribution in [0.25, 0.3) is 20.8 Å². The molecule has 2 fully saturated rings. The van der Waals surface area contributed by atoms with Crippen LogP contribution in [0.4, 0.5) is 34.0 Å². The van der Waals surface area contributed by atoms with Crippen LogP contribution in [-0.2, 0) is 6.42 Å². The molecule has 39 heavy (non-hydrogen) atoms. The molecule has 15 heteroatoms. The highest BCUT2D eigenvalue weighted by atomic mass is 32.1. The molecule has 1 unspecified atom stereocenters. The van der Waals surface area contributed by atoms with E-state index in [0.717, 1.165) is 11.3 Å². The number of hydrogen-bond donors (Lipinski definition) is 3. The standard InChI is InChI=1S/C24H22F4N8O2S/c25-14-10-29-8-5-15(14)32-16-4-1-3-12-13(9-24(26,27)28)19(39-18(12)16)20-34-21(38-35-20)17-11-36(23(37)33-17)22-30-6-2-7-31-22/h1-4,6-7,14-15,17,29,32H,5,8-11H2,(H,33,37)/t14-,15+,17?/m0/s1. The van der Waals surface area contributed by atoms with Gasteiger partial charge in [-0.3, -0.25) is 4.90 Å². The van der Waals surface area contributed by atoms with Gasteiger partial charge in [0.25, 0.3) is 5.89 Å². The van der Waals surface area contributed by atoms with Gasteiger partial charge < -0.3 is 20.5 Å². The van der Waals surface area contributed by atoms with Gasteiger partial charge in [0.15, 0.2) is 0 Å². The van der Waals surface area contributed by atoms with Gasteiger partial charge in [-0.15, -0.1) is 11.3 Å². The molecule has 2 aliphatic heterocycles. The molecule has 0 aliphatic carbocycles. The molecule has 2 saturated heterocycles. The molecule has 1 aromatic carbocycles. The maximum Gasteiger partial charge on any atom is 0.393 e. The maximum absolute atomic E-state index is 14.5. The number of carbonyl (C=O) groups is 1. The van der Waals surface area contributed by atoms with Gasteiger partial charge in [-0.2, -0.15) is 18.2 Å². The Bertz CT molecular complexity index is 1490. The first-order chi connectivity index (χ1) is 18.8. The number of alkyl halides is 4. The minimum absolute atomic E-state index is 0.00961. The molecule has 0 saturated carbocycles. The van der Waals surface area contributed by atoms with Crippen LogP contribution in [0.1, 0.15) is 23.9 Å². The number of halogens is 4. The van der Waals surface area contributed by atoms with Crippen molar-refractivity contribution in [1.82, 2.24) is 30.7 Å². The van der Waals surface area contributed by atoms with Crippen LogP contribution >= 0.6 is 11.3 Å². The SMILES string of the molecule is O=C1NC(c2nc(-c3sc4c(N[C@@H]5CCNC[C@@H]5F)cccc4c3CC(F)(F)F)no2)CN1c1ncccn1. The lowest BCUT2D eigenvalue weighted by atomic mass is 10.0. The van der Waals surface area contributed by atoms with Crippen LogP contribution < -0.4 is 20.9 Å². The monoisotopic (exact) mass is 562 g/mol. The first-order valence-electron chi connectivity index (χ1n) is 12.2. The number of urea groups is 1. The van der Waals surface area contributed by atoms with Crippen molar-refractivity contribution >= 4 is 39.1 Å². The number of piperidine rings is 1. The number of rotatable bonds is 6. The van der Waals surface area contributed by atoms with Crippen LogP contribution in [-0.4, -0.2) is 64.2 Å². The third-order valence-electron chi connectivity index (χ3n) is 6.59. The molecule has 0 spiro atoms. The molecular weight excluding hydrogens is 540 g/mol. The Labute approximate surface area is 222 Å². The zero-order chi connectivity index (χ0) is 27.1. The van der Waals surface area contributed by atoms with E-state index in [1.165, 1.54) is 17.3 Å². The Balaban J connectivity index is 1.34. The van der Waals surface area contributed by atoms with E-state index in [-0.39, 0.29) is 41.2 Å². The predicted molar refractivity (Wildman–Crippen MR) is 135 cm³/mol. The van der Waals surface area contributed by atoms with Crippen molar-refractivity contribution in [2.45, 2.75) is 37.3 Å². The van der Waals surface area contributed by atoms with Crippen LogP contribution in [0, 0.1) is 0 Å². The molecule has 0 bridgehead atoms. The summed E-state index contributed by atoms with van der Waals surface area (Å²) in [5.74, 6) is 0.212. The summed E-state index contributed by atoms with van der Waals surface area (Å²) in [7, 11) is 0. The number of anilines is 2. The topological polar surface area (TPSA) is 121 Å². The lowest BCUT2D eigenvalue weighted by Gasteiger charge is -2.28. The highest BCUT2D eigenvalue weighted by Crippen LogP contribution is 2.44. The average Bonchev–Trinajstić information content (AvgIpc) is 3.63. The highest BCUT2D eigenvalue weighted by molar-refractivity contribution is 7.23. The second-order valence-electron chi connectivity index (χ2n) is 9.26. The number of nitrogens with one attached hydrogen (secondary N) is 3. The summed E-state index contributed by atoms with van der Waals surface area (Å²) in [5, 5.41) is 13.2. The van der Waals surface area contributed by atoms with Crippen molar-refractivity contribution in [3.63, 3.8) is 0 Å². The highest BCUT2D eigenvalue weighted by Gasteiger charge is 2.37. The van der Waals surface area contributed by atoms with E-state index in [9.17, 15) is 22.4 Å². The van der Waals surface area contributed by atoms with E-state index >= 15 is 0 Å². The smallest absolute Gasteiger partial charge is 0.378 e. The number of carbonyl (C=O) groups excluding carboxylic acids is 1. The number of benzene rings is 1. The summed E-state index contributed by atoms with van der Waals surface area (Å²) in [5.41, 5.74) is 0.558. The Hall–Kier alpha value is -3.85. The van der Waals surface area contributed by atoms with E-state index in [4.69, 9.17) is 4.52 Å². The second-order valence-corrected chi connectivity index (χ2v) is 10.3. The van der Waals surface area contributed by atoms with Crippen molar-refractivity contribution < 1.29 is 26.9 Å². The molecule has 204 valence electrons. The fourth-order valence-electron chi connectivity index (χ4n) is 4.77. The zero-order valence-corrected chi connectivity index (χ0v) is 21.0. The Morgan fingerprint density at radius 1 is 1.21 bits per heavy atom. The van der Waals surface area contributed by atoms with Gasteiger partial charge in [-0.1, -0.05) is 17.3 Å². The van der Waals surface area contributed by atoms with Crippen LogP contribution in [0.15, 0.2) is 41.2 Å². The molecule has 5 heterocycles. The third kappa shape index (κ3) is 5.11. The molecule has 2 aliphatic rings. The van der Waals surface area contributed by atoms with Gasteiger partial charge in [-0.05, 0) is 36.0 Å². The van der Waals surface area contributed by atoms with Gasteiger partial charge in [0.1, 0.15) is 12.2 Å². The van der Waals surface area contributed by atoms with Crippen molar-refractivity contribution in [3.05, 3.63) is 48.1 Å². The molecule has 2 amide bonds. The average molecular weight is 563 g/mol. The summed E-state index contributed by atoms with van der Waals surface area (Å²) < 4.78 is 61.4. The van der Waals surface area contributed by atoms with Crippen LogP contribution in [0.5, 0.6) is 0 Å². The number of nitrogens with zero attached hydrogens (tertiary/aromatic N) is 5. The van der Waals surface area contributed by atoms with Crippen molar-refractivity contribution in [3.8, 4) is 10.7 Å². The normalized spacial score (nSPS) is 21.9. The second kappa shape index (κ2) is 10.0. The van der Waals surface area contributed by atoms with Gasteiger partial charge in [0.2, 0.25) is 11.8 Å². The van der Waals surface area contributed by atoms with Crippen LogP contribution in [0.3, 0.4) is 0 Å². The molecule has 10 nitrogen and oxygen atoms in total. The van der Waals surface area contributed by atoms with E-state index in [1.807, 2.05) is 0 Å². The van der Waals surface area contributed by atoms with Gasteiger partial charge >= 0.3 is 12.2 Å². The number of aromatic nitrogens is 4. The summed E-state index contributed by atoms with van der Waals surface area (Å²) >= 11 is 1.08. The van der Waals surface area contributed by atoms with E-state index in [0.29, 0.717) is 28.7 Å². The quantitative estimate of drug-likeness (QED) is 0.299. The fraction of sp³-hybridized carbons (Fsp3) is 0.375. The fourth-order valence-corrected chi connectivity index (χ4v) is 6.00. The molecule has 0 radical (unpaired) electrons. The number of fused-ring (bicyclic) bond motifs is 1. The zero-order valence-electron chi connectivity index (χ0n) is 20.2. The first-order valence-corrected chi connectivity index (χ1v) is 13.0. The van der Waals surface area contributed by atoms with Crippen molar-refractivity contribution in [1.29, 1.82) is 0 Å². The van der Waals surface area contributed by atoms with E-state index in [2.05, 4.69) is 36.1 Å². The minimum Gasteiger partial charge on any atom is -0.378 e. The van der Waals surface area contributed by atoms with Crippen LogP contribution in [0.2, 0.25) is 0 Å². The Morgan fingerprint density at radius 3 is 2.79 bits per heavy atom. The van der Waals surface area contributed by atoms with Crippen molar-refractivity contribution in [2.75, 3.05) is 29.9 Å². The summed E-state index contributed by atoms with van der Waals surface area (Å²) in [6, 6.07) is 4.95. The lowest BCUT2D eigenvalue weighted by molar-refractivity contribution is -0.126. The molecule has 3 N–H and O–H groups in total. The van der Waals surface area contributed by atoms with Gasteiger partial charge in [0.05, 0.1) is 34.3 Å². The van der Waals surface area contributed by atoms with Crippen molar-refractivity contribution in [2.24, 2.45) is 0 Å². The lowest BCUT2D eigenvalue weighted by Crippen LogP contribution is -2.45. The summed E-state index contributed by atoms with van der Waals surface area (Å²) in [4.78, 5) is 26.5. The molecule has 3 aromatic heterocycles. The third-order valence-corrected chi connectivity index (χ3v) is 7.87. The number of hydrogen-bond acceptors (Lipinski definition) is 9. The number of thiophene rings is 1. The Kier molecular flexibility index (Phi) is 6.54. The van der Waals surface area contributed by atoms with E-state index < -0.39 is 36.9 Å². The van der Waals surface area contributed by atoms with E-state index in [1.54, 1.807) is 24.3 Å². The number of amides is 2. The summed E-state index contributed by atoms with van der Waals surface area (Å²) in [6.07, 6.45) is -3.29. The summed E-state index contributed by atoms with van der Waals surface area (Å²) in [6.45, 7) is 0.946. The van der Waals surface area contributed by atoms with Gasteiger partial charge in [-0.25, -0.2) is 19.2 Å². The largest absolute Gasteiger partial charge is 0.393 e. The minimum atomic E-state index is -4.49. The molecule has 6 rings (SSSR count). The van der Waals surface area contributed by atoms with Gasteiger partial charge in [0, 0.05) is 18.9 Å². The predicted octanol–water partition coefficient (Wildman–Crippen LogP) is 4.23. The molecule has 3 atom stereocenters. The molecule has 4 aromatic rings. The Morgan fingerprint density at radius 2 is 2.03 bits per heavy atom. The molecular formula is C24H22F4N8O2S.